The highest BCUT2D eigenvalue weighted by Gasteiger charge is 2.23. The van der Waals surface area contributed by atoms with Gasteiger partial charge in [0.15, 0.2) is 11.5 Å². The van der Waals surface area contributed by atoms with Crippen molar-refractivity contribution >= 4 is 39.2 Å². The molecule has 0 unspecified atom stereocenters. The summed E-state index contributed by atoms with van der Waals surface area (Å²) < 4.78 is 11.8. The van der Waals surface area contributed by atoms with Crippen LogP contribution < -0.4 is 14.8 Å². The number of fused-ring (bicyclic) bond motifs is 1. The number of benzene rings is 2. The Morgan fingerprint density at radius 3 is 2.74 bits per heavy atom. The number of hydrogen-bond donors (Lipinski definition) is 1. The van der Waals surface area contributed by atoms with Crippen LogP contribution in [0.3, 0.4) is 0 Å². The largest absolute Gasteiger partial charge is 0.493 e. The third-order valence-electron chi connectivity index (χ3n) is 3.59. The first-order valence-electron chi connectivity index (χ1n) is 7.26. The molecule has 0 aliphatic carbocycles. The molecule has 0 spiro atoms. The van der Waals surface area contributed by atoms with E-state index in [4.69, 9.17) is 9.47 Å². The molecule has 4 nitrogen and oxygen atoms in total. The second-order valence-electron chi connectivity index (χ2n) is 5.02. The zero-order chi connectivity index (χ0) is 16.4. The quantitative estimate of drug-likeness (QED) is 0.810. The fourth-order valence-corrected chi connectivity index (χ4v) is 2.96. The molecule has 1 heterocycles. The van der Waals surface area contributed by atoms with Crippen LogP contribution in [0.2, 0.25) is 0 Å². The van der Waals surface area contributed by atoms with Gasteiger partial charge in [-0.15, -0.1) is 0 Å². The van der Waals surface area contributed by atoms with Gasteiger partial charge in [-0.05, 0) is 36.8 Å². The minimum atomic E-state index is -0.106. The molecule has 1 aliphatic heterocycles. The lowest BCUT2D eigenvalue weighted by Crippen LogP contribution is -2.03. The number of nitrogens with one attached hydrogen (secondary N) is 1. The van der Waals surface area contributed by atoms with E-state index in [1.165, 1.54) is 0 Å². The number of methoxy groups -OCH3 is 1. The van der Waals surface area contributed by atoms with E-state index < -0.39 is 0 Å². The molecule has 1 aliphatic rings. The number of amides is 1. The summed E-state index contributed by atoms with van der Waals surface area (Å²) in [6, 6.07) is 11.4. The normalized spacial score (nSPS) is 14.6. The molecule has 0 fully saturated rings. The van der Waals surface area contributed by atoms with E-state index in [1.54, 1.807) is 7.11 Å². The number of carbonyl (C=O) groups excluding carboxylic acids is 1. The predicted octanol–water partition coefficient (Wildman–Crippen LogP) is 4.35. The lowest BCUT2D eigenvalue weighted by Gasteiger charge is -2.11. The van der Waals surface area contributed by atoms with Crippen molar-refractivity contribution in [2.24, 2.45) is 0 Å². The third kappa shape index (κ3) is 2.97. The van der Waals surface area contributed by atoms with Gasteiger partial charge in [-0.1, -0.05) is 34.1 Å². The van der Waals surface area contributed by atoms with E-state index in [0.29, 0.717) is 23.7 Å². The van der Waals surface area contributed by atoms with Gasteiger partial charge >= 0.3 is 0 Å². The van der Waals surface area contributed by atoms with E-state index in [0.717, 1.165) is 21.3 Å². The second kappa shape index (κ2) is 6.46. The van der Waals surface area contributed by atoms with Gasteiger partial charge in [0, 0.05) is 21.3 Å². The molecule has 0 atom stereocenters. The number of halogens is 1. The summed E-state index contributed by atoms with van der Waals surface area (Å²) >= 11 is 3.54. The molecule has 5 heteroatoms. The lowest BCUT2D eigenvalue weighted by molar-refractivity contribution is -0.110. The monoisotopic (exact) mass is 373 g/mol. The molecular weight excluding hydrogens is 358 g/mol. The lowest BCUT2D eigenvalue weighted by atomic mass is 10.0. The summed E-state index contributed by atoms with van der Waals surface area (Å²) in [5.41, 5.74) is 3.22. The molecule has 2 aromatic carbocycles. The fraction of sp³-hybridized carbons (Fsp3) is 0.167. The first-order chi connectivity index (χ1) is 11.1. The summed E-state index contributed by atoms with van der Waals surface area (Å²) in [5.74, 6) is 1.19. The van der Waals surface area contributed by atoms with Gasteiger partial charge in [0.05, 0.1) is 13.7 Å². The van der Waals surface area contributed by atoms with Gasteiger partial charge in [0.25, 0.3) is 5.91 Å². The van der Waals surface area contributed by atoms with Crippen LogP contribution in [0, 0.1) is 0 Å². The van der Waals surface area contributed by atoms with Crippen molar-refractivity contribution < 1.29 is 14.3 Å². The summed E-state index contributed by atoms with van der Waals surface area (Å²) in [5, 5.41) is 2.87. The average Bonchev–Trinajstić information content (AvgIpc) is 2.86. The van der Waals surface area contributed by atoms with Crippen LogP contribution in [-0.2, 0) is 4.79 Å². The number of carbonyl (C=O) groups is 1. The number of anilines is 1. The van der Waals surface area contributed by atoms with Crippen molar-refractivity contribution in [2.75, 3.05) is 19.0 Å². The van der Waals surface area contributed by atoms with Gasteiger partial charge in [-0.25, -0.2) is 0 Å². The zero-order valence-electron chi connectivity index (χ0n) is 12.9. The third-order valence-corrected chi connectivity index (χ3v) is 4.28. The molecule has 1 N–H and O–H groups in total. The minimum Gasteiger partial charge on any atom is -0.493 e. The highest BCUT2D eigenvalue weighted by molar-refractivity contribution is 9.10. The molecule has 2 aromatic rings. The Bertz CT molecular complexity index is 799. The van der Waals surface area contributed by atoms with Crippen molar-refractivity contribution in [2.45, 2.75) is 6.92 Å². The van der Waals surface area contributed by atoms with Crippen molar-refractivity contribution in [3.8, 4) is 11.5 Å². The number of hydrogen-bond acceptors (Lipinski definition) is 3. The zero-order valence-corrected chi connectivity index (χ0v) is 14.4. The van der Waals surface area contributed by atoms with E-state index >= 15 is 0 Å². The van der Waals surface area contributed by atoms with Gasteiger partial charge in [-0.3, -0.25) is 4.79 Å². The molecule has 23 heavy (non-hydrogen) atoms. The SMILES string of the molecule is CCOc1cc(Br)c(C=C2C(=O)Nc3ccccc32)cc1OC. The summed E-state index contributed by atoms with van der Waals surface area (Å²) in [6.45, 7) is 2.47. The maximum absolute atomic E-state index is 12.2. The highest BCUT2D eigenvalue weighted by Crippen LogP contribution is 2.38. The van der Waals surface area contributed by atoms with Crippen LogP contribution in [0.15, 0.2) is 40.9 Å². The Balaban J connectivity index is 2.08. The topological polar surface area (TPSA) is 47.6 Å². The van der Waals surface area contributed by atoms with Crippen LogP contribution in [0.5, 0.6) is 11.5 Å². The Morgan fingerprint density at radius 1 is 1.22 bits per heavy atom. The van der Waals surface area contributed by atoms with Gasteiger partial charge in [-0.2, -0.15) is 0 Å². The van der Waals surface area contributed by atoms with E-state index in [-0.39, 0.29) is 5.91 Å². The van der Waals surface area contributed by atoms with Gasteiger partial charge in [0.2, 0.25) is 0 Å². The Kier molecular flexibility index (Phi) is 4.39. The Morgan fingerprint density at radius 2 is 2.00 bits per heavy atom. The van der Waals surface area contributed by atoms with Crippen LogP contribution in [0.4, 0.5) is 5.69 Å². The van der Waals surface area contributed by atoms with E-state index in [1.807, 2.05) is 49.4 Å². The van der Waals surface area contributed by atoms with Gasteiger partial charge < -0.3 is 14.8 Å². The van der Waals surface area contributed by atoms with Crippen LogP contribution in [-0.4, -0.2) is 19.6 Å². The summed E-state index contributed by atoms with van der Waals surface area (Å²) in [6.07, 6.45) is 1.85. The van der Waals surface area contributed by atoms with Crippen LogP contribution >= 0.6 is 15.9 Å². The van der Waals surface area contributed by atoms with Gasteiger partial charge in [0.1, 0.15) is 0 Å². The molecule has 0 bridgehead atoms. The molecule has 0 saturated heterocycles. The van der Waals surface area contributed by atoms with Crippen molar-refractivity contribution in [3.63, 3.8) is 0 Å². The van der Waals surface area contributed by atoms with Crippen molar-refractivity contribution in [1.82, 2.24) is 0 Å². The van der Waals surface area contributed by atoms with Crippen molar-refractivity contribution in [1.29, 1.82) is 0 Å². The standard InChI is InChI=1S/C18H16BrNO3/c1-3-23-17-10-14(19)11(9-16(17)22-2)8-13-12-6-4-5-7-15(12)20-18(13)21/h4-10H,3H2,1-2H3,(H,20,21). The van der Waals surface area contributed by atoms with Crippen LogP contribution in [0.25, 0.3) is 11.6 Å². The first-order valence-corrected chi connectivity index (χ1v) is 8.06. The smallest absolute Gasteiger partial charge is 0.256 e. The Labute approximate surface area is 143 Å². The molecule has 0 radical (unpaired) electrons. The van der Waals surface area contributed by atoms with Crippen molar-refractivity contribution in [3.05, 3.63) is 52.0 Å². The number of para-hydroxylation sites is 1. The maximum atomic E-state index is 12.2. The molecule has 118 valence electrons. The second-order valence-corrected chi connectivity index (χ2v) is 5.87. The minimum absolute atomic E-state index is 0.106. The Hall–Kier alpha value is -2.27. The highest BCUT2D eigenvalue weighted by atomic mass is 79.9. The maximum Gasteiger partial charge on any atom is 0.256 e. The molecular formula is C18H16BrNO3. The summed E-state index contributed by atoms with van der Waals surface area (Å²) in [4.78, 5) is 12.2. The molecule has 1 amide bonds. The first kappa shape index (κ1) is 15.6. The summed E-state index contributed by atoms with van der Waals surface area (Å²) in [7, 11) is 1.60. The average molecular weight is 374 g/mol. The van der Waals surface area contributed by atoms with E-state index in [9.17, 15) is 4.79 Å². The fourth-order valence-electron chi connectivity index (χ4n) is 2.53. The molecule has 0 saturated carbocycles. The molecule has 3 rings (SSSR count). The predicted molar refractivity (Wildman–Crippen MR) is 94.8 cm³/mol. The van der Waals surface area contributed by atoms with Crippen LogP contribution in [0.1, 0.15) is 18.1 Å². The van der Waals surface area contributed by atoms with E-state index in [2.05, 4.69) is 21.2 Å². The number of ether oxygens (including phenoxy) is 2. The number of rotatable bonds is 4. The molecule has 0 aromatic heterocycles.